The SMILES string of the molecule is C[Si](C)(C)c1ccc(-c2nc(-c3ccccc3)nc(-c3cccc(-c4cccc(-c5ccc6c(c5)C(c5ccccc5)(c5ccccc5)c5ccccc5-6)c4)c3)n2)cc1. The van der Waals surface area contributed by atoms with Crippen molar-refractivity contribution >= 4 is 13.3 Å². The van der Waals surface area contributed by atoms with Crippen LogP contribution in [0.4, 0.5) is 0 Å². The molecule has 282 valence electrons. The molecule has 0 atom stereocenters. The van der Waals surface area contributed by atoms with Crippen LogP contribution in [0.1, 0.15) is 22.3 Å². The maximum Gasteiger partial charge on any atom is 0.164 e. The van der Waals surface area contributed by atoms with Crippen LogP contribution in [0.25, 0.3) is 67.5 Å². The molecule has 0 aliphatic heterocycles. The lowest BCUT2D eigenvalue weighted by Crippen LogP contribution is -2.37. The van der Waals surface area contributed by atoms with Crippen molar-refractivity contribution in [3.63, 3.8) is 0 Å². The van der Waals surface area contributed by atoms with Gasteiger partial charge in [-0.25, -0.2) is 15.0 Å². The Hall–Kier alpha value is -7.01. The van der Waals surface area contributed by atoms with Crippen LogP contribution < -0.4 is 5.19 Å². The Balaban J connectivity index is 1.06. The van der Waals surface area contributed by atoms with Gasteiger partial charge in [-0.05, 0) is 73.8 Å². The van der Waals surface area contributed by atoms with E-state index in [4.69, 9.17) is 15.0 Å². The molecule has 0 N–H and O–H groups in total. The van der Waals surface area contributed by atoms with Gasteiger partial charge in [0.15, 0.2) is 17.5 Å². The van der Waals surface area contributed by atoms with Crippen molar-refractivity contribution < 1.29 is 0 Å². The summed E-state index contributed by atoms with van der Waals surface area (Å²) in [5.41, 5.74) is 14.7. The third-order valence-electron chi connectivity index (χ3n) is 11.8. The molecule has 0 radical (unpaired) electrons. The summed E-state index contributed by atoms with van der Waals surface area (Å²) >= 11 is 0. The predicted molar refractivity (Wildman–Crippen MR) is 247 cm³/mol. The van der Waals surface area contributed by atoms with Crippen molar-refractivity contribution in [2.75, 3.05) is 0 Å². The van der Waals surface area contributed by atoms with E-state index in [9.17, 15) is 0 Å². The zero-order chi connectivity index (χ0) is 40.0. The number of benzene rings is 8. The number of hydrogen-bond donors (Lipinski definition) is 0. The van der Waals surface area contributed by atoms with E-state index in [0.717, 1.165) is 33.4 Å². The fourth-order valence-corrected chi connectivity index (χ4v) is 9.98. The molecule has 3 nitrogen and oxygen atoms in total. The van der Waals surface area contributed by atoms with Gasteiger partial charge in [0, 0.05) is 16.7 Å². The normalized spacial score (nSPS) is 12.8. The third kappa shape index (κ3) is 6.52. The highest BCUT2D eigenvalue weighted by atomic mass is 28.3. The first-order valence-corrected chi connectivity index (χ1v) is 23.9. The van der Waals surface area contributed by atoms with Gasteiger partial charge in [0.1, 0.15) is 0 Å². The lowest BCUT2D eigenvalue weighted by molar-refractivity contribution is 0.769. The quantitative estimate of drug-likeness (QED) is 0.144. The standard InChI is InChI=1S/C55H43N3Si/c1-59(2,3)47-32-29-39(30-33-47)53-56-52(38-17-7-4-8-18-38)57-54(58-53)44-22-16-21-42(36-44)40-19-15-20-41(35-40)43-31-34-49-48-27-13-14-28-50(48)55(51(49)37-43,45-23-9-5-10-24-45)46-25-11-6-12-26-46/h4-37H,1-3H3. The molecule has 1 aliphatic rings. The second kappa shape index (κ2) is 14.7. The zero-order valence-corrected chi connectivity index (χ0v) is 34.5. The minimum Gasteiger partial charge on any atom is -0.208 e. The van der Waals surface area contributed by atoms with Gasteiger partial charge < -0.3 is 0 Å². The minimum atomic E-state index is -1.45. The maximum atomic E-state index is 5.09. The molecule has 4 heteroatoms. The number of nitrogens with zero attached hydrogens (tertiary/aromatic N) is 3. The molecular weight excluding hydrogens is 731 g/mol. The van der Waals surface area contributed by atoms with Crippen LogP contribution in [0.5, 0.6) is 0 Å². The van der Waals surface area contributed by atoms with E-state index < -0.39 is 13.5 Å². The second-order valence-electron chi connectivity index (χ2n) is 16.4. The van der Waals surface area contributed by atoms with Gasteiger partial charge in [-0.15, -0.1) is 0 Å². The first kappa shape index (κ1) is 36.3. The number of rotatable bonds is 8. The summed E-state index contributed by atoms with van der Waals surface area (Å²) < 4.78 is 0. The van der Waals surface area contributed by atoms with Gasteiger partial charge in [0.05, 0.1) is 13.5 Å². The third-order valence-corrected chi connectivity index (χ3v) is 13.9. The van der Waals surface area contributed by atoms with Crippen LogP contribution in [0.2, 0.25) is 19.6 Å². The molecule has 0 unspecified atom stereocenters. The molecule has 0 amide bonds. The van der Waals surface area contributed by atoms with E-state index in [2.05, 4.69) is 208 Å². The molecule has 59 heavy (non-hydrogen) atoms. The number of hydrogen-bond acceptors (Lipinski definition) is 3. The van der Waals surface area contributed by atoms with E-state index >= 15 is 0 Å². The summed E-state index contributed by atoms with van der Waals surface area (Å²) in [5, 5.41) is 1.41. The van der Waals surface area contributed by atoms with Crippen molar-refractivity contribution in [1.82, 2.24) is 15.0 Å². The lowest BCUT2D eigenvalue weighted by Gasteiger charge is -2.34. The van der Waals surface area contributed by atoms with Crippen LogP contribution >= 0.6 is 0 Å². The van der Waals surface area contributed by atoms with E-state index in [1.54, 1.807) is 0 Å². The summed E-state index contributed by atoms with van der Waals surface area (Å²) in [5.74, 6) is 1.98. The van der Waals surface area contributed by atoms with Crippen molar-refractivity contribution in [2.24, 2.45) is 0 Å². The summed E-state index contributed by atoms with van der Waals surface area (Å²) in [6.07, 6.45) is 0. The topological polar surface area (TPSA) is 38.7 Å². The molecule has 0 saturated carbocycles. The fraction of sp³-hybridized carbons (Fsp3) is 0.0727. The Bertz CT molecular complexity index is 2910. The molecule has 10 rings (SSSR count). The lowest BCUT2D eigenvalue weighted by atomic mass is 9.67. The molecule has 8 aromatic carbocycles. The highest BCUT2D eigenvalue weighted by molar-refractivity contribution is 6.88. The Morgan fingerprint density at radius 3 is 1.31 bits per heavy atom. The van der Waals surface area contributed by atoms with Crippen LogP contribution in [-0.4, -0.2) is 23.0 Å². The summed E-state index contributed by atoms with van der Waals surface area (Å²) in [6, 6.07) is 74.4. The molecule has 0 bridgehead atoms. The average Bonchev–Trinajstić information content (AvgIpc) is 3.60. The van der Waals surface area contributed by atoms with E-state index in [-0.39, 0.29) is 0 Å². The number of fused-ring (bicyclic) bond motifs is 3. The van der Waals surface area contributed by atoms with Crippen LogP contribution in [0.15, 0.2) is 206 Å². The molecule has 0 spiro atoms. The summed E-state index contributed by atoms with van der Waals surface area (Å²) in [7, 11) is -1.45. The largest absolute Gasteiger partial charge is 0.208 e. The van der Waals surface area contributed by atoms with Gasteiger partial charge in [0.25, 0.3) is 0 Å². The summed E-state index contributed by atoms with van der Waals surface area (Å²) in [4.78, 5) is 15.1. The van der Waals surface area contributed by atoms with E-state index in [1.165, 1.54) is 44.1 Å². The first-order chi connectivity index (χ1) is 28.9. The second-order valence-corrected chi connectivity index (χ2v) is 21.5. The van der Waals surface area contributed by atoms with Crippen LogP contribution in [0.3, 0.4) is 0 Å². The highest BCUT2D eigenvalue weighted by Gasteiger charge is 2.46. The van der Waals surface area contributed by atoms with Gasteiger partial charge in [-0.2, -0.15) is 0 Å². The van der Waals surface area contributed by atoms with Crippen molar-refractivity contribution in [2.45, 2.75) is 25.1 Å². The molecule has 0 fully saturated rings. The molecule has 1 heterocycles. The molecule has 1 aromatic heterocycles. The summed E-state index contributed by atoms with van der Waals surface area (Å²) in [6.45, 7) is 7.10. The highest BCUT2D eigenvalue weighted by Crippen LogP contribution is 2.56. The molecule has 9 aromatic rings. The van der Waals surface area contributed by atoms with Gasteiger partial charge >= 0.3 is 0 Å². The Kier molecular flexibility index (Phi) is 9.07. The van der Waals surface area contributed by atoms with Gasteiger partial charge in [-0.1, -0.05) is 213 Å². The van der Waals surface area contributed by atoms with Crippen LogP contribution in [0, 0.1) is 0 Å². The van der Waals surface area contributed by atoms with Crippen molar-refractivity contribution in [1.29, 1.82) is 0 Å². The Morgan fingerprint density at radius 1 is 0.322 bits per heavy atom. The predicted octanol–water partition coefficient (Wildman–Crippen LogP) is 13.1. The fourth-order valence-electron chi connectivity index (χ4n) is 8.81. The number of aromatic nitrogens is 3. The molecule has 1 aliphatic carbocycles. The Labute approximate surface area is 347 Å². The maximum absolute atomic E-state index is 5.09. The van der Waals surface area contributed by atoms with E-state index in [1.807, 2.05) is 18.2 Å². The average molecular weight is 774 g/mol. The monoisotopic (exact) mass is 773 g/mol. The first-order valence-electron chi connectivity index (χ1n) is 20.4. The van der Waals surface area contributed by atoms with Crippen molar-refractivity contribution in [3.05, 3.63) is 229 Å². The zero-order valence-electron chi connectivity index (χ0n) is 33.5. The van der Waals surface area contributed by atoms with Crippen molar-refractivity contribution in [3.8, 4) is 67.5 Å². The van der Waals surface area contributed by atoms with Gasteiger partial charge in [-0.3, -0.25) is 0 Å². The van der Waals surface area contributed by atoms with Gasteiger partial charge in [0.2, 0.25) is 0 Å². The minimum absolute atomic E-state index is 0.450. The Morgan fingerprint density at radius 2 is 0.729 bits per heavy atom. The van der Waals surface area contributed by atoms with Crippen LogP contribution in [-0.2, 0) is 5.41 Å². The smallest absolute Gasteiger partial charge is 0.164 e. The molecule has 0 saturated heterocycles. The molecular formula is C55H43N3Si. The van der Waals surface area contributed by atoms with E-state index in [0.29, 0.717) is 17.5 Å².